The van der Waals surface area contributed by atoms with Crippen molar-refractivity contribution in [2.75, 3.05) is 5.73 Å². The molecule has 114 valence electrons. The summed E-state index contributed by atoms with van der Waals surface area (Å²) in [7, 11) is 0. The molecule has 1 heterocycles. The highest BCUT2D eigenvalue weighted by Crippen LogP contribution is 2.40. The molecule has 3 aromatic rings. The number of hydrogen-bond acceptors (Lipinski definition) is 4. The fraction of sp³-hybridized carbons (Fsp3) is 0.0500. The van der Waals surface area contributed by atoms with Crippen molar-refractivity contribution in [1.82, 2.24) is 4.98 Å². The first-order valence-electron chi connectivity index (χ1n) is 7.41. The average molecular weight is 310 g/mol. The molecule has 2 aromatic carbocycles. The Bertz CT molecular complexity index is 900. The minimum Gasteiger partial charge on any atom is -0.397 e. The maximum Gasteiger partial charge on any atom is 0.102 e. The minimum absolute atomic E-state index is 0.219. The van der Waals surface area contributed by atoms with Gasteiger partial charge in [-0.05, 0) is 35.7 Å². The zero-order valence-corrected chi connectivity index (χ0v) is 13.1. The number of nitrogens with two attached hydrogens (primary N) is 1. The normalized spacial score (nSPS) is 9.96. The van der Waals surface area contributed by atoms with Crippen LogP contribution in [-0.4, -0.2) is 4.98 Å². The monoisotopic (exact) mass is 310 g/mol. The highest BCUT2D eigenvalue weighted by atomic mass is 14.6. The molecular formula is C20H14N4. The summed E-state index contributed by atoms with van der Waals surface area (Å²) in [6.07, 6.45) is 3.35. The lowest BCUT2D eigenvalue weighted by molar-refractivity contribution is 1.32. The molecule has 0 saturated heterocycles. The van der Waals surface area contributed by atoms with E-state index in [-0.39, 0.29) is 5.69 Å². The molecule has 0 bridgehead atoms. The van der Waals surface area contributed by atoms with Crippen LogP contribution in [0.4, 0.5) is 5.69 Å². The van der Waals surface area contributed by atoms with E-state index in [1.807, 2.05) is 49.4 Å². The van der Waals surface area contributed by atoms with Gasteiger partial charge in [0.25, 0.3) is 0 Å². The third kappa shape index (κ3) is 2.37. The van der Waals surface area contributed by atoms with Gasteiger partial charge in [-0.3, -0.25) is 4.98 Å². The van der Waals surface area contributed by atoms with E-state index >= 15 is 0 Å². The molecule has 4 nitrogen and oxygen atoms in total. The molecule has 0 aliphatic heterocycles. The average Bonchev–Trinajstić information content (AvgIpc) is 2.64. The number of benzene rings is 2. The first kappa shape index (κ1) is 15.3. The number of nitrogen functional groups attached to an aromatic ring is 1. The van der Waals surface area contributed by atoms with Gasteiger partial charge in [0.05, 0.1) is 16.8 Å². The van der Waals surface area contributed by atoms with Gasteiger partial charge in [-0.25, -0.2) is 0 Å². The van der Waals surface area contributed by atoms with Gasteiger partial charge in [0.1, 0.15) is 12.1 Å². The van der Waals surface area contributed by atoms with Gasteiger partial charge in [-0.15, -0.1) is 0 Å². The van der Waals surface area contributed by atoms with Crippen molar-refractivity contribution in [2.24, 2.45) is 0 Å². The van der Waals surface area contributed by atoms with Crippen LogP contribution in [-0.2, 0) is 0 Å². The summed E-state index contributed by atoms with van der Waals surface area (Å²) >= 11 is 0. The summed E-state index contributed by atoms with van der Waals surface area (Å²) in [6, 6.07) is 17.6. The van der Waals surface area contributed by atoms with Crippen molar-refractivity contribution in [3.05, 3.63) is 71.5 Å². The van der Waals surface area contributed by atoms with Crippen LogP contribution in [0.3, 0.4) is 0 Å². The number of nitrogens with zero attached hydrogens (tertiary/aromatic N) is 3. The summed E-state index contributed by atoms with van der Waals surface area (Å²) < 4.78 is 0. The molecule has 0 aliphatic rings. The smallest absolute Gasteiger partial charge is 0.102 e. The molecule has 0 amide bonds. The fourth-order valence-corrected chi connectivity index (χ4v) is 2.97. The van der Waals surface area contributed by atoms with Crippen LogP contribution >= 0.6 is 0 Å². The van der Waals surface area contributed by atoms with Crippen LogP contribution in [0.2, 0.25) is 0 Å². The molecule has 4 heteroatoms. The lowest BCUT2D eigenvalue weighted by Crippen LogP contribution is -2.04. The Morgan fingerprint density at radius 3 is 1.83 bits per heavy atom. The molecule has 24 heavy (non-hydrogen) atoms. The predicted octanol–water partition coefficient (Wildman–Crippen LogP) is 4.05. The van der Waals surface area contributed by atoms with Crippen molar-refractivity contribution in [2.45, 2.75) is 6.92 Å². The maximum absolute atomic E-state index is 9.62. The van der Waals surface area contributed by atoms with Gasteiger partial charge < -0.3 is 5.73 Å². The fourth-order valence-electron chi connectivity index (χ4n) is 2.97. The zero-order chi connectivity index (χ0) is 17.1. The van der Waals surface area contributed by atoms with Crippen molar-refractivity contribution in [1.29, 1.82) is 10.5 Å². The second-order valence-electron chi connectivity index (χ2n) is 5.36. The summed E-state index contributed by atoms with van der Waals surface area (Å²) in [6.45, 7) is 1.92. The SMILES string of the molecule is Cc1c(-c2ccccc2)c(C#N)c(N)c(C#N)c1-c1ccncc1. The first-order chi connectivity index (χ1) is 11.7. The molecule has 2 N–H and O–H groups in total. The van der Waals surface area contributed by atoms with Gasteiger partial charge in [0.2, 0.25) is 0 Å². The quantitative estimate of drug-likeness (QED) is 0.723. The number of aromatic nitrogens is 1. The van der Waals surface area contributed by atoms with Crippen LogP contribution in [0.25, 0.3) is 22.3 Å². The zero-order valence-electron chi connectivity index (χ0n) is 13.1. The van der Waals surface area contributed by atoms with E-state index in [1.54, 1.807) is 12.4 Å². The van der Waals surface area contributed by atoms with Crippen molar-refractivity contribution < 1.29 is 0 Å². The van der Waals surface area contributed by atoms with Gasteiger partial charge in [-0.1, -0.05) is 30.3 Å². The van der Waals surface area contributed by atoms with E-state index in [4.69, 9.17) is 5.73 Å². The highest BCUT2D eigenvalue weighted by molar-refractivity contribution is 5.92. The summed E-state index contributed by atoms with van der Waals surface area (Å²) in [4.78, 5) is 4.03. The van der Waals surface area contributed by atoms with E-state index in [2.05, 4.69) is 17.1 Å². The number of pyridine rings is 1. The Morgan fingerprint density at radius 2 is 1.33 bits per heavy atom. The molecule has 0 saturated carbocycles. The number of anilines is 1. The molecule has 0 fully saturated rings. The molecule has 0 aliphatic carbocycles. The van der Waals surface area contributed by atoms with Crippen molar-refractivity contribution in [3.8, 4) is 34.4 Å². The van der Waals surface area contributed by atoms with E-state index in [9.17, 15) is 10.5 Å². The van der Waals surface area contributed by atoms with Crippen LogP contribution in [0, 0.1) is 29.6 Å². The summed E-state index contributed by atoms with van der Waals surface area (Å²) in [5.74, 6) is 0. The Kier molecular flexibility index (Phi) is 3.97. The standard InChI is InChI=1S/C20H14N4/c1-13-18(14-5-3-2-4-6-14)16(11-21)20(23)17(12-22)19(13)15-7-9-24-10-8-15/h2-10H,23H2,1H3. The van der Waals surface area contributed by atoms with E-state index in [1.165, 1.54) is 0 Å². The predicted molar refractivity (Wildman–Crippen MR) is 93.7 cm³/mol. The molecule has 0 radical (unpaired) electrons. The highest BCUT2D eigenvalue weighted by Gasteiger charge is 2.22. The van der Waals surface area contributed by atoms with Gasteiger partial charge >= 0.3 is 0 Å². The van der Waals surface area contributed by atoms with Crippen LogP contribution in [0.1, 0.15) is 16.7 Å². The third-order valence-electron chi connectivity index (χ3n) is 4.04. The molecular weight excluding hydrogens is 296 g/mol. The largest absolute Gasteiger partial charge is 0.397 e. The Morgan fingerprint density at radius 1 is 0.833 bits per heavy atom. The van der Waals surface area contributed by atoms with E-state index in [0.29, 0.717) is 11.1 Å². The Hall–Kier alpha value is -3.63. The van der Waals surface area contributed by atoms with Gasteiger partial charge in [0, 0.05) is 23.5 Å². The first-order valence-corrected chi connectivity index (χ1v) is 7.41. The van der Waals surface area contributed by atoms with Gasteiger partial charge in [0.15, 0.2) is 0 Å². The number of nitriles is 2. The van der Waals surface area contributed by atoms with Gasteiger partial charge in [-0.2, -0.15) is 10.5 Å². The Labute approximate surface area is 140 Å². The topological polar surface area (TPSA) is 86.5 Å². The lowest BCUT2D eigenvalue weighted by atomic mass is 9.85. The molecule has 0 unspecified atom stereocenters. The lowest BCUT2D eigenvalue weighted by Gasteiger charge is -2.18. The van der Waals surface area contributed by atoms with E-state index < -0.39 is 0 Å². The second kappa shape index (κ2) is 6.24. The second-order valence-corrected chi connectivity index (χ2v) is 5.36. The minimum atomic E-state index is 0.219. The Balaban J connectivity index is 2.47. The maximum atomic E-state index is 9.62. The van der Waals surface area contributed by atoms with E-state index in [0.717, 1.165) is 27.8 Å². The third-order valence-corrected chi connectivity index (χ3v) is 4.04. The summed E-state index contributed by atoms with van der Waals surface area (Å²) in [5, 5.41) is 19.2. The summed E-state index contributed by atoms with van der Waals surface area (Å²) in [5.41, 5.74) is 11.2. The molecule has 0 atom stereocenters. The van der Waals surface area contributed by atoms with Crippen LogP contribution in [0.5, 0.6) is 0 Å². The molecule has 0 spiro atoms. The molecule has 1 aromatic heterocycles. The number of hydrogen-bond donors (Lipinski definition) is 1. The van der Waals surface area contributed by atoms with Crippen LogP contribution in [0.15, 0.2) is 54.9 Å². The van der Waals surface area contributed by atoms with Crippen LogP contribution < -0.4 is 5.73 Å². The van der Waals surface area contributed by atoms with Crippen molar-refractivity contribution >= 4 is 5.69 Å². The molecule has 3 rings (SSSR count). The van der Waals surface area contributed by atoms with Crippen molar-refractivity contribution in [3.63, 3.8) is 0 Å². The number of rotatable bonds is 2.